The van der Waals surface area contributed by atoms with Gasteiger partial charge in [0, 0.05) is 30.4 Å². The molecule has 1 aromatic rings. The van der Waals surface area contributed by atoms with E-state index in [1.807, 2.05) is 13.8 Å². The van der Waals surface area contributed by atoms with Crippen LogP contribution in [0.3, 0.4) is 0 Å². The van der Waals surface area contributed by atoms with Crippen molar-refractivity contribution >= 4 is 11.7 Å². The summed E-state index contributed by atoms with van der Waals surface area (Å²) in [7, 11) is 0. The summed E-state index contributed by atoms with van der Waals surface area (Å²) < 4.78 is 5.70. The second kappa shape index (κ2) is 6.44. The fraction of sp³-hybridized carbons (Fsp3) is 0.562. The number of aryl methyl sites for hydroxylation is 1. The molecule has 2 rings (SSSR count). The summed E-state index contributed by atoms with van der Waals surface area (Å²) in [5.74, 6) is -0.0712. The number of ether oxygens (including phenoxy) is 1. The van der Waals surface area contributed by atoms with Gasteiger partial charge >= 0.3 is 5.97 Å². The molecule has 1 fully saturated rings. The van der Waals surface area contributed by atoms with Crippen molar-refractivity contribution in [2.45, 2.75) is 39.2 Å². The number of nitrogens with two attached hydrogens (primary N) is 1. The lowest BCUT2D eigenvalue weighted by Gasteiger charge is -2.35. The summed E-state index contributed by atoms with van der Waals surface area (Å²) >= 11 is 0. The lowest BCUT2D eigenvalue weighted by molar-refractivity contribution is -0.665. The van der Waals surface area contributed by atoms with Crippen LogP contribution in [0.5, 0.6) is 0 Å². The lowest BCUT2D eigenvalue weighted by atomic mass is 9.83. The highest BCUT2D eigenvalue weighted by atomic mass is 16.6. The fourth-order valence-corrected chi connectivity index (χ4v) is 2.99. The standard InChI is InChI=1S/C16H22N2O4/c1-11-10-12(4-5-14(11)18(20)21)15(19)22-16(2,3)13-6-8-17-9-7-13/h4-5,10,13,17H,6-9H2,1-3H3/p+1. The number of hydrogen-bond donors (Lipinski definition) is 1. The van der Waals surface area contributed by atoms with Gasteiger partial charge in [0.25, 0.3) is 5.69 Å². The van der Waals surface area contributed by atoms with E-state index in [0.717, 1.165) is 25.9 Å². The van der Waals surface area contributed by atoms with Crippen molar-refractivity contribution in [3.63, 3.8) is 0 Å². The maximum absolute atomic E-state index is 12.3. The van der Waals surface area contributed by atoms with Gasteiger partial charge in [0.2, 0.25) is 0 Å². The number of hydrogen-bond acceptors (Lipinski definition) is 4. The second-order valence-corrected chi connectivity index (χ2v) is 6.39. The summed E-state index contributed by atoms with van der Waals surface area (Å²) in [6, 6.07) is 4.33. The number of carbonyl (C=O) groups is 1. The number of nitro groups is 1. The van der Waals surface area contributed by atoms with Crippen LogP contribution in [0, 0.1) is 23.0 Å². The molecule has 6 nitrogen and oxygen atoms in total. The first-order valence-corrected chi connectivity index (χ1v) is 7.61. The van der Waals surface area contributed by atoms with Crippen molar-refractivity contribution in [3.8, 4) is 0 Å². The van der Waals surface area contributed by atoms with Crippen LogP contribution in [0.1, 0.15) is 42.6 Å². The molecule has 1 aliphatic rings. The van der Waals surface area contributed by atoms with E-state index in [4.69, 9.17) is 4.74 Å². The van der Waals surface area contributed by atoms with E-state index in [0.29, 0.717) is 17.0 Å². The Kier molecular flexibility index (Phi) is 4.81. The number of esters is 1. The zero-order valence-corrected chi connectivity index (χ0v) is 13.3. The minimum atomic E-state index is -0.527. The minimum absolute atomic E-state index is 0.0126. The van der Waals surface area contributed by atoms with E-state index in [1.165, 1.54) is 18.2 Å². The van der Waals surface area contributed by atoms with Gasteiger partial charge in [-0.15, -0.1) is 0 Å². The SMILES string of the molecule is Cc1cc(C(=O)OC(C)(C)C2CC[NH2+]CC2)ccc1[N+](=O)[O-]. The molecule has 1 saturated heterocycles. The number of quaternary nitrogens is 1. The van der Waals surface area contributed by atoms with Gasteiger partial charge in [-0.3, -0.25) is 10.1 Å². The zero-order chi connectivity index (χ0) is 16.3. The molecule has 120 valence electrons. The molecule has 0 aliphatic carbocycles. The quantitative estimate of drug-likeness (QED) is 0.522. The van der Waals surface area contributed by atoms with Crippen molar-refractivity contribution in [2.24, 2.45) is 5.92 Å². The van der Waals surface area contributed by atoms with Gasteiger partial charge in [0.15, 0.2) is 0 Å². The van der Waals surface area contributed by atoms with Crippen LogP contribution < -0.4 is 5.32 Å². The van der Waals surface area contributed by atoms with Crippen LogP contribution in [-0.4, -0.2) is 29.6 Å². The lowest BCUT2D eigenvalue weighted by Crippen LogP contribution is -2.86. The maximum Gasteiger partial charge on any atom is 0.338 e. The molecule has 0 aromatic heterocycles. The average molecular weight is 307 g/mol. The molecule has 6 heteroatoms. The monoisotopic (exact) mass is 307 g/mol. The Labute approximate surface area is 130 Å². The Balaban J connectivity index is 2.11. The first kappa shape index (κ1) is 16.4. The molecule has 0 atom stereocenters. The fourth-order valence-electron chi connectivity index (χ4n) is 2.99. The molecule has 0 spiro atoms. The van der Waals surface area contributed by atoms with Crippen molar-refractivity contribution < 1.29 is 19.8 Å². The number of nitro benzene ring substituents is 1. The Morgan fingerprint density at radius 2 is 2.00 bits per heavy atom. The van der Waals surface area contributed by atoms with Crippen LogP contribution in [0.15, 0.2) is 18.2 Å². The molecular formula is C16H23N2O4+. The highest BCUT2D eigenvalue weighted by molar-refractivity contribution is 5.90. The average Bonchev–Trinajstić information content (AvgIpc) is 2.47. The normalized spacial score (nSPS) is 16.3. The summed E-state index contributed by atoms with van der Waals surface area (Å²) in [5, 5.41) is 13.1. The van der Waals surface area contributed by atoms with Gasteiger partial charge in [-0.1, -0.05) is 0 Å². The maximum atomic E-state index is 12.3. The van der Waals surface area contributed by atoms with Crippen molar-refractivity contribution in [1.82, 2.24) is 0 Å². The van der Waals surface area contributed by atoms with Crippen LogP contribution in [0.4, 0.5) is 5.69 Å². The zero-order valence-electron chi connectivity index (χ0n) is 13.3. The van der Waals surface area contributed by atoms with E-state index in [-0.39, 0.29) is 5.69 Å². The first-order chi connectivity index (χ1) is 10.3. The number of benzene rings is 1. The van der Waals surface area contributed by atoms with E-state index >= 15 is 0 Å². The summed E-state index contributed by atoms with van der Waals surface area (Å²) in [6.45, 7) is 7.62. The minimum Gasteiger partial charge on any atom is -0.456 e. The Hall–Kier alpha value is -1.95. The van der Waals surface area contributed by atoms with Crippen LogP contribution >= 0.6 is 0 Å². The Morgan fingerprint density at radius 3 is 2.55 bits per heavy atom. The van der Waals surface area contributed by atoms with Crippen LogP contribution in [0.25, 0.3) is 0 Å². The van der Waals surface area contributed by atoms with E-state index in [1.54, 1.807) is 6.92 Å². The molecule has 1 aliphatic heterocycles. The van der Waals surface area contributed by atoms with Crippen molar-refractivity contribution in [2.75, 3.05) is 13.1 Å². The molecule has 0 radical (unpaired) electrons. The molecule has 1 heterocycles. The van der Waals surface area contributed by atoms with Crippen LogP contribution in [-0.2, 0) is 4.74 Å². The Morgan fingerprint density at radius 1 is 1.36 bits per heavy atom. The smallest absolute Gasteiger partial charge is 0.338 e. The van der Waals surface area contributed by atoms with Gasteiger partial charge in [-0.25, -0.2) is 4.79 Å². The van der Waals surface area contributed by atoms with Gasteiger partial charge in [0.1, 0.15) is 5.60 Å². The molecule has 0 saturated carbocycles. The van der Waals surface area contributed by atoms with E-state index < -0.39 is 16.5 Å². The predicted octanol–water partition coefficient (Wildman–Crippen LogP) is 1.81. The third kappa shape index (κ3) is 3.62. The largest absolute Gasteiger partial charge is 0.456 e. The van der Waals surface area contributed by atoms with Crippen molar-refractivity contribution in [1.29, 1.82) is 0 Å². The summed E-state index contributed by atoms with van der Waals surface area (Å²) in [4.78, 5) is 22.7. The topological polar surface area (TPSA) is 86.0 Å². The number of rotatable bonds is 4. The molecule has 22 heavy (non-hydrogen) atoms. The van der Waals surface area contributed by atoms with Gasteiger partial charge < -0.3 is 10.1 Å². The third-order valence-corrected chi connectivity index (χ3v) is 4.41. The number of piperidine rings is 1. The van der Waals surface area contributed by atoms with E-state index in [2.05, 4.69) is 5.32 Å². The van der Waals surface area contributed by atoms with Crippen LogP contribution in [0.2, 0.25) is 0 Å². The van der Waals surface area contributed by atoms with Gasteiger partial charge in [0.05, 0.1) is 23.6 Å². The predicted molar refractivity (Wildman–Crippen MR) is 81.7 cm³/mol. The van der Waals surface area contributed by atoms with E-state index in [9.17, 15) is 14.9 Å². The summed E-state index contributed by atoms with van der Waals surface area (Å²) in [5.41, 5.74) is 0.308. The molecule has 0 unspecified atom stereocenters. The molecule has 1 aromatic carbocycles. The summed E-state index contributed by atoms with van der Waals surface area (Å²) in [6.07, 6.45) is 2.05. The highest BCUT2D eigenvalue weighted by Crippen LogP contribution is 2.29. The van der Waals surface area contributed by atoms with Crippen molar-refractivity contribution in [3.05, 3.63) is 39.4 Å². The molecule has 2 N–H and O–H groups in total. The van der Waals surface area contributed by atoms with Gasteiger partial charge in [-0.2, -0.15) is 0 Å². The molecular weight excluding hydrogens is 284 g/mol. The number of carbonyl (C=O) groups excluding carboxylic acids is 1. The second-order valence-electron chi connectivity index (χ2n) is 6.39. The third-order valence-electron chi connectivity index (χ3n) is 4.41. The molecule has 0 amide bonds. The Bertz CT molecular complexity index is 578. The number of nitrogens with zero attached hydrogens (tertiary/aromatic N) is 1. The molecule has 0 bridgehead atoms. The highest BCUT2D eigenvalue weighted by Gasteiger charge is 2.35. The first-order valence-electron chi connectivity index (χ1n) is 7.61. The van der Waals surface area contributed by atoms with Gasteiger partial charge in [-0.05, 0) is 32.9 Å².